The molecule has 0 unspecified atom stereocenters. The molecule has 0 aliphatic carbocycles. The average molecular weight is 408 g/mol. The number of carbonyl (C=O) groups is 3. The van der Waals surface area contributed by atoms with Crippen molar-refractivity contribution in [1.29, 1.82) is 0 Å². The van der Waals surface area contributed by atoms with Crippen molar-refractivity contribution >= 4 is 41.0 Å². The SMILES string of the molecule is Cc1ccc(N2C(=O)NC(=O)C(=Cc3ccc(N(C)C)c([N+](=O)[O-])c3)C2=O)cc1C. The summed E-state index contributed by atoms with van der Waals surface area (Å²) in [5.41, 5.74) is 2.41. The predicted molar refractivity (Wildman–Crippen MR) is 112 cm³/mol. The predicted octanol–water partition coefficient (Wildman–Crippen LogP) is 2.94. The number of imide groups is 2. The summed E-state index contributed by atoms with van der Waals surface area (Å²) < 4.78 is 0. The number of aryl methyl sites for hydroxylation is 2. The number of rotatable bonds is 4. The molecule has 9 nitrogen and oxygen atoms in total. The van der Waals surface area contributed by atoms with Crippen molar-refractivity contribution in [3.05, 3.63) is 68.8 Å². The fraction of sp³-hybridized carbons (Fsp3) is 0.190. The fourth-order valence-electron chi connectivity index (χ4n) is 3.08. The Hall–Kier alpha value is -4.01. The monoisotopic (exact) mass is 408 g/mol. The molecule has 0 saturated carbocycles. The largest absolute Gasteiger partial charge is 0.372 e. The minimum absolute atomic E-state index is 0.167. The lowest BCUT2D eigenvalue weighted by Gasteiger charge is -2.26. The Balaban J connectivity index is 2.05. The van der Waals surface area contributed by atoms with Crippen LogP contribution in [0.4, 0.5) is 21.9 Å². The highest BCUT2D eigenvalue weighted by molar-refractivity contribution is 6.39. The Morgan fingerprint density at radius 3 is 2.33 bits per heavy atom. The first-order valence-electron chi connectivity index (χ1n) is 9.04. The Morgan fingerprint density at radius 1 is 1.03 bits per heavy atom. The fourth-order valence-corrected chi connectivity index (χ4v) is 3.08. The molecular formula is C21H20N4O5. The normalized spacial score (nSPS) is 15.4. The lowest BCUT2D eigenvalue weighted by molar-refractivity contribution is -0.384. The summed E-state index contributed by atoms with van der Waals surface area (Å²) in [7, 11) is 3.34. The van der Waals surface area contributed by atoms with Gasteiger partial charge < -0.3 is 4.90 Å². The van der Waals surface area contributed by atoms with Crippen LogP contribution in [-0.2, 0) is 9.59 Å². The lowest BCUT2D eigenvalue weighted by atomic mass is 10.0. The van der Waals surface area contributed by atoms with Crippen LogP contribution >= 0.6 is 0 Å². The van der Waals surface area contributed by atoms with E-state index in [2.05, 4.69) is 5.32 Å². The van der Waals surface area contributed by atoms with Gasteiger partial charge in [-0.1, -0.05) is 12.1 Å². The van der Waals surface area contributed by atoms with Gasteiger partial charge in [0.25, 0.3) is 17.5 Å². The van der Waals surface area contributed by atoms with E-state index >= 15 is 0 Å². The van der Waals surface area contributed by atoms with Crippen molar-refractivity contribution < 1.29 is 19.3 Å². The van der Waals surface area contributed by atoms with Crippen molar-refractivity contribution in [2.45, 2.75) is 13.8 Å². The van der Waals surface area contributed by atoms with Crippen LogP contribution < -0.4 is 15.1 Å². The lowest BCUT2D eigenvalue weighted by Crippen LogP contribution is -2.54. The zero-order valence-electron chi connectivity index (χ0n) is 16.9. The second kappa shape index (κ2) is 7.78. The van der Waals surface area contributed by atoms with Crippen molar-refractivity contribution in [2.24, 2.45) is 0 Å². The maximum atomic E-state index is 13.0. The number of anilines is 2. The highest BCUT2D eigenvalue weighted by Gasteiger charge is 2.37. The molecular weight excluding hydrogens is 388 g/mol. The van der Waals surface area contributed by atoms with Gasteiger partial charge in [-0.05, 0) is 54.8 Å². The number of nitrogens with zero attached hydrogens (tertiary/aromatic N) is 3. The number of nitrogens with one attached hydrogen (secondary N) is 1. The van der Waals surface area contributed by atoms with Crippen molar-refractivity contribution in [1.82, 2.24) is 5.32 Å². The molecule has 1 aliphatic rings. The summed E-state index contributed by atoms with van der Waals surface area (Å²) in [5.74, 6) is -1.66. The molecule has 3 rings (SSSR count). The van der Waals surface area contributed by atoms with Gasteiger partial charge in [0.15, 0.2) is 0 Å². The van der Waals surface area contributed by atoms with E-state index < -0.39 is 22.8 Å². The molecule has 2 aromatic rings. The summed E-state index contributed by atoms with van der Waals surface area (Å²) in [6.45, 7) is 3.74. The van der Waals surface area contributed by atoms with Gasteiger partial charge >= 0.3 is 6.03 Å². The molecule has 1 N–H and O–H groups in total. The average Bonchev–Trinajstić information content (AvgIpc) is 2.67. The van der Waals surface area contributed by atoms with Crippen LogP contribution in [0.3, 0.4) is 0 Å². The van der Waals surface area contributed by atoms with Crippen LogP contribution in [0.25, 0.3) is 6.08 Å². The third-order valence-corrected chi connectivity index (χ3v) is 4.84. The van der Waals surface area contributed by atoms with Crippen molar-refractivity contribution in [2.75, 3.05) is 23.9 Å². The van der Waals surface area contributed by atoms with Crippen LogP contribution in [0.1, 0.15) is 16.7 Å². The Bertz CT molecular complexity index is 1120. The highest BCUT2D eigenvalue weighted by Crippen LogP contribution is 2.29. The van der Waals surface area contributed by atoms with Crippen molar-refractivity contribution in [3.8, 4) is 0 Å². The molecule has 0 spiro atoms. The van der Waals surface area contributed by atoms with Gasteiger partial charge in [-0.25, -0.2) is 9.69 Å². The molecule has 2 aromatic carbocycles. The minimum atomic E-state index is -0.857. The number of hydrogen-bond donors (Lipinski definition) is 1. The maximum absolute atomic E-state index is 13.0. The van der Waals surface area contributed by atoms with Gasteiger partial charge in [-0.2, -0.15) is 0 Å². The summed E-state index contributed by atoms with van der Waals surface area (Å²) in [5, 5.41) is 13.5. The molecule has 0 bridgehead atoms. The number of nitro benzene ring substituents is 1. The van der Waals surface area contributed by atoms with E-state index in [-0.39, 0.29) is 11.3 Å². The molecule has 1 aliphatic heterocycles. The second-order valence-electron chi connectivity index (χ2n) is 7.13. The van der Waals surface area contributed by atoms with E-state index in [0.29, 0.717) is 16.9 Å². The number of hydrogen-bond acceptors (Lipinski definition) is 6. The third-order valence-electron chi connectivity index (χ3n) is 4.84. The smallest absolute Gasteiger partial charge is 0.335 e. The van der Waals surface area contributed by atoms with E-state index in [1.54, 1.807) is 43.3 Å². The first kappa shape index (κ1) is 20.7. The number of nitro groups is 1. The van der Waals surface area contributed by atoms with Crippen LogP contribution in [0.2, 0.25) is 0 Å². The first-order valence-corrected chi connectivity index (χ1v) is 9.04. The number of amides is 4. The topological polar surface area (TPSA) is 113 Å². The first-order chi connectivity index (χ1) is 14.1. The second-order valence-corrected chi connectivity index (χ2v) is 7.13. The van der Waals surface area contributed by atoms with E-state index in [0.717, 1.165) is 16.0 Å². The molecule has 4 amide bonds. The van der Waals surface area contributed by atoms with Gasteiger partial charge in [0.05, 0.1) is 10.6 Å². The van der Waals surface area contributed by atoms with Crippen LogP contribution in [0, 0.1) is 24.0 Å². The third kappa shape index (κ3) is 3.77. The van der Waals surface area contributed by atoms with E-state index in [4.69, 9.17) is 0 Å². The van der Waals surface area contributed by atoms with Crippen LogP contribution in [0.15, 0.2) is 42.0 Å². The summed E-state index contributed by atoms with van der Waals surface area (Å²) >= 11 is 0. The molecule has 0 radical (unpaired) electrons. The molecule has 1 fully saturated rings. The zero-order chi connectivity index (χ0) is 22.2. The molecule has 1 heterocycles. The van der Waals surface area contributed by atoms with Gasteiger partial charge in [0.1, 0.15) is 11.3 Å². The molecule has 0 aromatic heterocycles. The van der Waals surface area contributed by atoms with Gasteiger partial charge in [0, 0.05) is 20.2 Å². The molecule has 30 heavy (non-hydrogen) atoms. The Kier molecular flexibility index (Phi) is 5.37. The van der Waals surface area contributed by atoms with Crippen molar-refractivity contribution in [3.63, 3.8) is 0 Å². The number of carbonyl (C=O) groups excluding carboxylic acids is 3. The van der Waals surface area contributed by atoms with Crippen LogP contribution in [0.5, 0.6) is 0 Å². The standard InChI is InChI=1S/C21H20N4O5/c1-12-5-7-15(9-13(12)2)24-20(27)16(19(26)22-21(24)28)10-14-6-8-17(23(3)4)18(11-14)25(29)30/h5-11H,1-4H3,(H,22,26,28). The number of urea groups is 1. The zero-order valence-corrected chi connectivity index (χ0v) is 16.9. The number of benzene rings is 2. The quantitative estimate of drug-likeness (QED) is 0.360. The summed E-state index contributed by atoms with van der Waals surface area (Å²) in [6, 6.07) is 8.59. The summed E-state index contributed by atoms with van der Waals surface area (Å²) in [4.78, 5) is 50.9. The maximum Gasteiger partial charge on any atom is 0.335 e. The van der Waals surface area contributed by atoms with E-state index in [9.17, 15) is 24.5 Å². The van der Waals surface area contributed by atoms with E-state index in [1.165, 1.54) is 18.2 Å². The highest BCUT2D eigenvalue weighted by atomic mass is 16.6. The molecule has 9 heteroatoms. The summed E-state index contributed by atoms with van der Waals surface area (Å²) in [6.07, 6.45) is 1.24. The van der Waals surface area contributed by atoms with Crippen LogP contribution in [-0.4, -0.2) is 36.9 Å². The molecule has 1 saturated heterocycles. The molecule has 0 atom stereocenters. The Labute approximate surface area is 172 Å². The van der Waals surface area contributed by atoms with E-state index in [1.807, 2.05) is 13.8 Å². The minimum Gasteiger partial charge on any atom is -0.372 e. The van der Waals surface area contributed by atoms with Gasteiger partial charge in [0.2, 0.25) is 0 Å². The number of barbiturate groups is 1. The molecule has 154 valence electrons. The Morgan fingerprint density at radius 2 is 1.73 bits per heavy atom. The van der Waals surface area contributed by atoms with Gasteiger partial charge in [-0.15, -0.1) is 0 Å². The van der Waals surface area contributed by atoms with Gasteiger partial charge in [-0.3, -0.25) is 25.0 Å².